The number of nitrogens with one attached hydrogen (secondary N) is 1. The van der Waals surface area contributed by atoms with Gasteiger partial charge in [-0.25, -0.2) is 0 Å². The number of thiophene rings is 1. The van der Waals surface area contributed by atoms with Gasteiger partial charge in [0.15, 0.2) is 0 Å². The monoisotopic (exact) mass is 280 g/mol. The topological polar surface area (TPSA) is 32.3 Å². The van der Waals surface area contributed by atoms with Crippen LogP contribution in [0.2, 0.25) is 0 Å². The maximum atomic E-state index is 11.8. The number of amides is 1. The fraction of sp³-hybridized carbons (Fsp3) is 0.667. The SMILES string of the molecule is CCC(=O)N1CC[C@@H](NCc2ccsc2)[C@H](CC)C1. The van der Waals surface area contributed by atoms with Crippen molar-refractivity contribution >= 4 is 17.2 Å². The van der Waals surface area contributed by atoms with E-state index in [2.05, 4.69) is 29.1 Å². The highest BCUT2D eigenvalue weighted by atomic mass is 32.1. The smallest absolute Gasteiger partial charge is 0.222 e. The van der Waals surface area contributed by atoms with Crippen LogP contribution < -0.4 is 5.32 Å². The molecule has 1 fully saturated rings. The van der Waals surface area contributed by atoms with Crippen LogP contribution in [0.15, 0.2) is 16.8 Å². The highest BCUT2D eigenvalue weighted by Gasteiger charge is 2.29. The van der Waals surface area contributed by atoms with Crippen LogP contribution in [0.5, 0.6) is 0 Å². The van der Waals surface area contributed by atoms with Crippen molar-refractivity contribution in [3.63, 3.8) is 0 Å². The lowest BCUT2D eigenvalue weighted by molar-refractivity contribution is -0.133. The van der Waals surface area contributed by atoms with E-state index in [0.717, 1.165) is 32.5 Å². The Labute approximate surface area is 120 Å². The largest absolute Gasteiger partial charge is 0.342 e. The number of carbonyl (C=O) groups is 1. The van der Waals surface area contributed by atoms with Gasteiger partial charge < -0.3 is 10.2 Å². The molecule has 1 saturated heterocycles. The van der Waals surface area contributed by atoms with Crippen molar-refractivity contribution in [2.75, 3.05) is 13.1 Å². The first kappa shape index (κ1) is 14.5. The van der Waals surface area contributed by atoms with Crippen molar-refractivity contribution < 1.29 is 4.79 Å². The molecule has 0 bridgehead atoms. The molecule has 0 unspecified atom stereocenters. The maximum Gasteiger partial charge on any atom is 0.222 e. The second-order valence-electron chi connectivity index (χ2n) is 5.27. The minimum absolute atomic E-state index is 0.301. The Balaban J connectivity index is 1.86. The third kappa shape index (κ3) is 3.80. The summed E-state index contributed by atoms with van der Waals surface area (Å²) in [4.78, 5) is 13.8. The molecule has 19 heavy (non-hydrogen) atoms. The van der Waals surface area contributed by atoms with Gasteiger partial charge in [-0.3, -0.25) is 4.79 Å². The van der Waals surface area contributed by atoms with Gasteiger partial charge in [-0.2, -0.15) is 11.3 Å². The van der Waals surface area contributed by atoms with Crippen molar-refractivity contribution in [2.45, 2.75) is 45.7 Å². The predicted octanol–water partition coefficient (Wildman–Crippen LogP) is 2.87. The van der Waals surface area contributed by atoms with E-state index in [9.17, 15) is 4.79 Å². The molecule has 1 aromatic rings. The van der Waals surface area contributed by atoms with Crippen LogP contribution >= 0.6 is 11.3 Å². The van der Waals surface area contributed by atoms with Crippen LogP contribution in [0.4, 0.5) is 0 Å². The van der Waals surface area contributed by atoms with E-state index in [-0.39, 0.29) is 0 Å². The summed E-state index contributed by atoms with van der Waals surface area (Å²) in [5.74, 6) is 0.887. The lowest BCUT2D eigenvalue weighted by Crippen LogP contribution is -2.50. The molecule has 0 saturated carbocycles. The van der Waals surface area contributed by atoms with Gasteiger partial charge in [-0.1, -0.05) is 20.3 Å². The average molecular weight is 280 g/mol. The molecular formula is C15H24N2OS. The number of hydrogen-bond donors (Lipinski definition) is 1. The molecule has 0 aliphatic carbocycles. The fourth-order valence-electron chi connectivity index (χ4n) is 2.81. The van der Waals surface area contributed by atoms with E-state index in [1.807, 2.05) is 11.8 Å². The first-order valence-corrected chi connectivity index (χ1v) is 8.21. The Morgan fingerprint density at radius 3 is 3.00 bits per heavy atom. The van der Waals surface area contributed by atoms with E-state index >= 15 is 0 Å². The Kier molecular flexibility index (Phi) is 5.40. The van der Waals surface area contributed by atoms with Gasteiger partial charge in [0.25, 0.3) is 0 Å². The van der Waals surface area contributed by atoms with E-state index in [1.165, 1.54) is 5.56 Å². The average Bonchev–Trinajstić information content (AvgIpc) is 2.97. The summed E-state index contributed by atoms with van der Waals surface area (Å²) in [6.07, 6.45) is 2.84. The molecule has 0 spiro atoms. The van der Waals surface area contributed by atoms with Crippen molar-refractivity contribution in [1.29, 1.82) is 0 Å². The quantitative estimate of drug-likeness (QED) is 0.899. The van der Waals surface area contributed by atoms with Gasteiger partial charge in [-0.15, -0.1) is 0 Å². The van der Waals surface area contributed by atoms with Crippen LogP contribution in [0.3, 0.4) is 0 Å². The lowest BCUT2D eigenvalue weighted by Gasteiger charge is -2.38. The predicted molar refractivity (Wildman–Crippen MR) is 80.2 cm³/mol. The molecule has 2 heterocycles. The van der Waals surface area contributed by atoms with Crippen LogP contribution in [-0.4, -0.2) is 29.9 Å². The number of piperidine rings is 1. The van der Waals surface area contributed by atoms with Crippen molar-refractivity contribution in [3.05, 3.63) is 22.4 Å². The zero-order valence-electron chi connectivity index (χ0n) is 11.9. The zero-order chi connectivity index (χ0) is 13.7. The maximum absolute atomic E-state index is 11.8. The summed E-state index contributed by atoms with van der Waals surface area (Å²) in [5, 5.41) is 7.99. The molecule has 2 rings (SSSR count). The minimum atomic E-state index is 0.301. The van der Waals surface area contributed by atoms with Crippen molar-refractivity contribution in [3.8, 4) is 0 Å². The third-order valence-electron chi connectivity index (χ3n) is 4.06. The fourth-order valence-corrected chi connectivity index (χ4v) is 3.48. The second kappa shape index (κ2) is 7.06. The number of rotatable bonds is 5. The molecule has 106 valence electrons. The van der Waals surface area contributed by atoms with Crippen molar-refractivity contribution in [1.82, 2.24) is 10.2 Å². The summed E-state index contributed by atoms with van der Waals surface area (Å²) in [6, 6.07) is 2.72. The lowest BCUT2D eigenvalue weighted by atomic mass is 9.89. The Morgan fingerprint density at radius 1 is 1.53 bits per heavy atom. The molecule has 1 aliphatic rings. The van der Waals surface area contributed by atoms with Crippen LogP contribution in [0.25, 0.3) is 0 Å². The van der Waals surface area contributed by atoms with E-state index in [0.29, 0.717) is 24.3 Å². The van der Waals surface area contributed by atoms with E-state index in [4.69, 9.17) is 0 Å². The minimum Gasteiger partial charge on any atom is -0.342 e. The Hall–Kier alpha value is -0.870. The van der Waals surface area contributed by atoms with Crippen LogP contribution in [0, 0.1) is 5.92 Å². The molecule has 3 nitrogen and oxygen atoms in total. The summed E-state index contributed by atoms with van der Waals surface area (Å²) in [7, 11) is 0. The molecule has 1 aromatic heterocycles. The second-order valence-corrected chi connectivity index (χ2v) is 6.05. The van der Waals surface area contributed by atoms with Crippen LogP contribution in [0.1, 0.15) is 38.7 Å². The highest BCUT2D eigenvalue weighted by Crippen LogP contribution is 2.21. The molecule has 1 aliphatic heterocycles. The highest BCUT2D eigenvalue weighted by molar-refractivity contribution is 7.07. The van der Waals surface area contributed by atoms with E-state index in [1.54, 1.807) is 11.3 Å². The van der Waals surface area contributed by atoms with Gasteiger partial charge in [0.2, 0.25) is 5.91 Å². The molecular weight excluding hydrogens is 256 g/mol. The molecule has 0 radical (unpaired) electrons. The summed E-state index contributed by atoms with van der Waals surface area (Å²) < 4.78 is 0. The zero-order valence-corrected chi connectivity index (χ0v) is 12.7. The Morgan fingerprint density at radius 2 is 2.37 bits per heavy atom. The van der Waals surface area contributed by atoms with Crippen LogP contribution in [-0.2, 0) is 11.3 Å². The number of likely N-dealkylation sites (tertiary alicyclic amines) is 1. The number of carbonyl (C=O) groups excluding carboxylic acids is 1. The molecule has 1 amide bonds. The molecule has 0 aromatic carbocycles. The number of hydrogen-bond acceptors (Lipinski definition) is 3. The van der Waals surface area contributed by atoms with Gasteiger partial charge in [-0.05, 0) is 34.7 Å². The van der Waals surface area contributed by atoms with Crippen molar-refractivity contribution in [2.24, 2.45) is 5.92 Å². The first-order valence-electron chi connectivity index (χ1n) is 7.26. The van der Waals surface area contributed by atoms with Gasteiger partial charge in [0.1, 0.15) is 0 Å². The van der Waals surface area contributed by atoms with Gasteiger partial charge in [0, 0.05) is 32.1 Å². The molecule has 4 heteroatoms. The summed E-state index contributed by atoms with van der Waals surface area (Å²) >= 11 is 1.75. The van der Waals surface area contributed by atoms with Gasteiger partial charge in [0.05, 0.1) is 0 Å². The summed E-state index contributed by atoms with van der Waals surface area (Å²) in [5.41, 5.74) is 1.37. The molecule has 1 N–H and O–H groups in total. The summed E-state index contributed by atoms with van der Waals surface area (Å²) in [6.45, 7) is 6.95. The van der Waals surface area contributed by atoms with E-state index < -0.39 is 0 Å². The van der Waals surface area contributed by atoms with Gasteiger partial charge >= 0.3 is 0 Å². The standard InChI is InChI=1S/C15H24N2OS/c1-3-13-10-17(15(18)4-2)7-5-14(13)16-9-12-6-8-19-11-12/h6,8,11,13-14,16H,3-5,7,9-10H2,1-2H3/t13-,14-/m1/s1. The third-order valence-corrected chi connectivity index (χ3v) is 4.79. The number of nitrogens with zero attached hydrogens (tertiary/aromatic N) is 1. The normalized spacial score (nSPS) is 23.6. The molecule has 2 atom stereocenters. The first-order chi connectivity index (χ1) is 9.24. The Bertz CT molecular complexity index is 391.